The third-order valence-electron chi connectivity index (χ3n) is 4.20. The number of likely N-dealkylation sites (N-methyl/N-ethyl adjacent to an activating group) is 1. The predicted octanol–water partition coefficient (Wildman–Crippen LogP) is 2.97. The molecule has 3 rings (SSSR count). The maximum absolute atomic E-state index is 5.40. The van der Waals surface area contributed by atoms with Gasteiger partial charge in [-0.1, -0.05) is 12.8 Å². The van der Waals surface area contributed by atoms with Crippen LogP contribution in [0.2, 0.25) is 0 Å². The minimum Gasteiger partial charge on any atom is -0.329 e. The number of nitrogens with one attached hydrogen (secondary N) is 1. The SMILES string of the molecule is CN(CCn1c(=S)[nH]c2cnccc21)C1CCCC1. The van der Waals surface area contributed by atoms with Crippen molar-refractivity contribution in [1.29, 1.82) is 0 Å². The van der Waals surface area contributed by atoms with Crippen LogP contribution in [0.4, 0.5) is 0 Å². The smallest absolute Gasteiger partial charge is 0.178 e. The fourth-order valence-corrected chi connectivity index (χ4v) is 3.32. The van der Waals surface area contributed by atoms with Crippen molar-refractivity contribution in [3.63, 3.8) is 0 Å². The van der Waals surface area contributed by atoms with E-state index < -0.39 is 0 Å². The molecule has 0 bridgehead atoms. The van der Waals surface area contributed by atoms with Gasteiger partial charge in [-0.15, -0.1) is 0 Å². The summed E-state index contributed by atoms with van der Waals surface area (Å²) in [6.45, 7) is 1.99. The van der Waals surface area contributed by atoms with Crippen molar-refractivity contribution in [3.05, 3.63) is 23.2 Å². The highest BCUT2D eigenvalue weighted by Gasteiger charge is 2.19. The summed E-state index contributed by atoms with van der Waals surface area (Å²) in [7, 11) is 2.23. The molecular weight excluding hydrogens is 256 g/mol. The minimum atomic E-state index is 0.765. The lowest BCUT2D eigenvalue weighted by Gasteiger charge is -2.24. The summed E-state index contributed by atoms with van der Waals surface area (Å²) in [6, 6.07) is 2.79. The number of nitrogens with zero attached hydrogens (tertiary/aromatic N) is 3. The summed E-state index contributed by atoms with van der Waals surface area (Å²) in [4.78, 5) is 9.82. The molecule has 0 radical (unpaired) electrons. The lowest BCUT2D eigenvalue weighted by Crippen LogP contribution is -2.32. The normalized spacial score (nSPS) is 16.7. The molecule has 1 N–H and O–H groups in total. The molecule has 2 aromatic heterocycles. The van der Waals surface area contributed by atoms with E-state index in [2.05, 4.69) is 26.5 Å². The molecule has 0 atom stereocenters. The van der Waals surface area contributed by atoms with Gasteiger partial charge in [-0.2, -0.15) is 0 Å². The fraction of sp³-hybridized carbons (Fsp3) is 0.571. The number of rotatable bonds is 4. The van der Waals surface area contributed by atoms with Gasteiger partial charge in [0.15, 0.2) is 4.77 Å². The van der Waals surface area contributed by atoms with Gasteiger partial charge in [0.05, 0.1) is 17.2 Å². The Morgan fingerprint density at radius 1 is 1.47 bits per heavy atom. The first kappa shape index (κ1) is 12.8. The molecule has 2 heterocycles. The monoisotopic (exact) mass is 276 g/mol. The maximum Gasteiger partial charge on any atom is 0.178 e. The van der Waals surface area contributed by atoms with Crippen LogP contribution in [-0.2, 0) is 6.54 Å². The van der Waals surface area contributed by atoms with Gasteiger partial charge in [-0.3, -0.25) is 4.98 Å². The number of hydrogen-bond acceptors (Lipinski definition) is 3. The first-order chi connectivity index (χ1) is 9.25. The van der Waals surface area contributed by atoms with E-state index in [0.717, 1.165) is 34.9 Å². The Bertz CT molecular complexity index is 609. The van der Waals surface area contributed by atoms with Gasteiger partial charge in [0, 0.05) is 25.3 Å². The molecule has 19 heavy (non-hydrogen) atoms. The maximum atomic E-state index is 5.40. The first-order valence-corrected chi connectivity index (χ1v) is 7.39. The van der Waals surface area contributed by atoms with Crippen LogP contribution in [0.3, 0.4) is 0 Å². The first-order valence-electron chi connectivity index (χ1n) is 6.98. The molecule has 0 aromatic carbocycles. The average Bonchev–Trinajstić information content (AvgIpc) is 3.03. The molecule has 0 spiro atoms. The van der Waals surface area contributed by atoms with E-state index in [1.165, 1.54) is 25.7 Å². The van der Waals surface area contributed by atoms with Crippen molar-refractivity contribution < 1.29 is 0 Å². The number of aromatic nitrogens is 3. The molecule has 0 unspecified atom stereocenters. The number of imidazole rings is 1. The van der Waals surface area contributed by atoms with Crippen LogP contribution in [-0.4, -0.2) is 39.1 Å². The van der Waals surface area contributed by atoms with Crippen LogP contribution in [0.5, 0.6) is 0 Å². The minimum absolute atomic E-state index is 0.765. The van der Waals surface area contributed by atoms with Crippen LogP contribution >= 0.6 is 12.2 Å². The van der Waals surface area contributed by atoms with Crippen molar-refractivity contribution >= 4 is 23.3 Å². The highest BCUT2D eigenvalue weighted by Crippen LogP contribution is 2.22. The third kappa shape index (κ3) is 2.58. The standard InChI is InChI=1S/C14H20N4S/c1-17(11-4-2-3-5-11)8-9-18-13-6-7-15-10-12(13)16-14(18)19/h6-7,10-11H,2-5,8-9H2,1H3,(H,16,19). The zero-order chi connectivity index (χ0) is 13.2. The van der Waals surface area contributed by atoms with Gasteiger partial charge in [-0.25, -0.2) is 0 Å². The summed E-state index contributed by atoms with van der Waals surface area (Å²) in [5, 5.41) is 0. The molecule has 2 aromatic rings. The lowest BCUT2D eigenvalue weighted by molar-refractivity contribution is 0.237. The Morgan fingerprint density at radius 2 is 2.26 bits per heavy atom. The largest absolute Gasteiger partial charge is 0.329 e. The topological polar surface area (TPSA) is 36.9 Å². The Labute approximate surface area is 118 Å². The van der Waals surface area contributed by atoms with Gasteiger partial charge in [0.1, 0.15) is 0 Å². The number of aromatic amines is 1. The van der Waals surface area contributed by atoms with Crippen LogP contribution in [0.15, 0.2) is 18.5 Å². The molecular formula is C14H20N4S. The Balaban J connectivity index is 1.74. The molecule has 5 heteroatoms. The summed E-state index contributed by atoms with van der Waals surface area (Å²) in [6.07, 6.45) is 9.12. The van der Waals surface area contributed by atoms with Gasteiger partial charge < -0.3 is 14.5 Å². The Kier molecular flexibility index (Phi) is 3.66. The van der Waals surface area contributed by atoms with Crippen molar-refractivity contribution in [2.75, 3.05) is 13.6 Å². The van der Waals surface area contributed by atoms with Gasteiger partial charge in [0.25, 0.3) is 0 Å². The average molecular weight is 276 g/mol. The van der Waals surface area contributed by atoms with E-state index in [0.29, 0.717) is 0 Å². The highest BCUT2D eigenvalue weighted by atomic mass is 32.1. The van der Waals surface area contributed by atoms with Crippen LogP contribution in [0.25, 0.3) is 11.0 Å². The second kappa shape index (κ2) is 5.43. The molecule has 0 aliphatic heterocycles. The Hall–Kier alpha value is -1.20. The third-order valence-corrected chi connectivity index (χ3v) is 4.52. The van der Waals surface area contributed by atoms with E-state index in [-0.39, 0.29) is 0 Å². The van der Waals surface area contributed by atoms with Crippen LogP contribution < -0.4 is 0 Å². The van der Waals surface area contributed by atoms with Crippen molar-refractivity contribution in [3.8, 4) is 0 Å². The van der Waals surface area contributed by atoms with Gasteiger partial charge in [-0.05, 0) is 38.2 Å². The second-order valence-corrected chi connectivity index (χ2v) is 5.78. The fourth-order valence-electron chi connectivity index (χ4n) is 3.02. The summed E-state index contributed by atoms with van der Waals surface area (Å²) in [5.74, 6) is 0. The summed E-state index contributed by atoms with van der Waals surface area (Å²) in [5.41, 5.74) is 2.18. The molecule has 1 fully saturated rings. The molecule has 4 nitrogen and oxygen atoms in total. The quantitative estimate of drug-likeness (QED) is 0.872. The summed E-state index contributed by atoms with van der Waals surface area (Å²) >= 11 is 5.40. The van der Waals surface area contributed by atoms with E-state index >= 15 is 0 Å². The van der Waals surface area contributed by atoms with E-state index in [9.17, 15) is 0 Å². The van der Waals surface area contributed by atoms with E-state index in [4.69, 9.17) is 12.2 Å². The summed E-state index contributed by atoms with van der Waals surface area (Å²) < 4.78 is 2.97. The predicted molar refractivity (Wildman–Crippen MR) is 79.8 cm³/mol. The highest BCUT2D eigenvalue weighted by molar-refractivity contribution is 7.71. The van der Waals surface area contributed by atoms with E-state index in [1.807, 2.05) is 18.5 Å². The molecule has 102 valence electrons. The second-order valence-electron chi connectivity index (χ2n) is 5.39. The number of pyridine rings is 1. The molecule has 0 saturated heterocycles. The lowest BCUT2D eigenvalue weighted by atomic mass is 10.2. The van der Waals surface area contributed by atoms with Crippen molar-refractivity contribution in [2.45, 2.75) is 38.3 Å². The van der Waals surface area contributed by atoms with Crippen LogP contribution in [0, 0.1) is 4.77 Å². The Morgan fingerprint density at radius 3 is 3.05 bits per heavy atom. The van der Waals surface area contributed by atoms with Crippen molar-refractivity contribution in [1.82, 2.24) is 19.4 Å². The number of H-pyrrole nitrogens is 1. The molecule has 0 amide bonds. The van der Waals surface area contributed by atoms with Gasteiger partial charge in [0.2, 0.25) is 0 Å². The molecule has 1 saturated carbocycles. The van der Waals surface area contributed by atoms with Crippen molar-refractivity contribution in [2.24, 2.45) is 0 Å². The zero-order valence-corrected chi connectivity index (χ0v) is 12.1. The zero-order valence-electron chi connectivity index (χ0n) is 11.3. The van der Waals surface area contributed by atoms with Crippen LogP contribution in [0.1, 0.15) is 25.7 Å². The molecule has 1 aliphatic rings. The number of fused-ring (bicyclic) bond motifs is 1. The van der Waals surface area contributed by atoms with Gasteiger partial charge >= 0.3 is 0 Å². The molecule has 1 aliphatic carbocycles. The number of hydrogen-bond donors (Lipinski definition) is 1. The van der Waals surface area contributed by atoms with E-state index in [1.54, 1.807) is 0 Å².